The fourth-order valence-electron chi connectivity index (χ4n) is 2.55. The first-order chi connectivity index (χ1) is 9.13. The summed E-state index contributed by atoms with van der Waals surface area (Å²) in [7, 11) is 0. The second kappa shape index (κ2) is 6.73. The van der Waals surface area contributed by atoms with Crippen molar-refractivity contribution in [1.29, 1.82) is 0 Å². The Morgan fingerprint density at radius 2 is 2.32 bits per heavy atom. The van der Waals surface area contributed by atoms with Gasteiger partial charge in [-0.3, -0.25) is 4.79 Å². The Kier molecular flexibility index (Phi) is 5.25. The molecule has 1 heterocycles. The van der Waals surface area contributed by atoms with E-state index in [1.807, 2.05) is 4.90 Å². The summed E-state index contributed by atoms with van der Waals surface area (Å²) < 4.78 is 0.734. The largest absolute Gasteiger partial charge is 0.396 e. The van der Waals surface area contributed by atoms with Gasteiger partial charge < -0.3 is 10.0 Å². The van der Waals surface area contributed by atoms with Crippen LogP contribution in [0.2, 0.25) is 5.02 Å². The normalized spacial score (nSPS) is 18.9. The number of carbonyl (C=O) groups is 1. The molecule has 1 atom stereocenters. The summed E-state index contributed by atoms with van der Waals surface area (Å²) in [5, 5.41) is 9.53. The Bertz CT molecular complexity index is 467. The maximum Gasteiger partial charge on any atom is 0.255 e. The maximum absolute atomic E-state index is 12.5. The molecule has 3 nitrogen and oxygen atoms in total. The van der Waals surface area contributed by atoms with Gasteiger partial charge in [-0.2, -0.15) is 0 Å². The van der Waals surface area contributed by atoms with Crippen molar-refractivity contribution < 1.29 is 9.90 Å². The Morgan fingerprint density at radius 3 is 3.00 bits per heavy atom. The van der Waals surface area contributed by atoms with E-state index in [4.69, 9.17) is 16.7 Å². The molecule has 1 aromatic rings. The van der Waals surface area contributed by atoms with Crippen LogP contribution in [0, 0.1) is 0 Å². The molecule has 0 spiro atoms. The van der Waals surface area contributed by atoms with E-state index in [0.29, 0.717) is 10.6 Å². The monoisotopic (exact) mass is 345 g/mol. The van der Waals surface area contributed by atoms with Gasteiger partial charge in [-0.05, 0) is 59.8 Å². The molecule has 0 bridgehead atoms. The molecule has 1 saturated heterocycles. The number of likely N-dealkylation sites (tertiary alicyclic amines) is 1. The van der Waals surface area contributed by atoms with Crippen molar-refractivity contribution >= 4 is 33.4 Å². The summed E-state index contributed by atoms with van der Waals surface area (Å²) >= 11 is 9.29. The summed E-state index contributed by atoms with van der Waals surface area (Å²) in [4.78, 5) is 14.5. The quantitative estimate of drug-likeness (QED) is 0.907. The van der Waals surface area contributed by atoms with Crippen molar-refractivity contribution in [2.45, 2.75) is 31.7 Å². The zero-order chi connectivity index (χ0) is 13.8. The van der Waals surface area contributed by atoms with Crippen molar-refractivity contribution in [3.63, 3.8) is 0 Å². The van der Waals surface area contributed by atoms with Gasteiger partial charge in [0.15, 0.2) is 0 Å². The summed E-state index contributed by atoms with van der Waals surface area (Å²) in [6.45, 7) is 0.979. The lowest BCUT2D eigenvalue weighted by Crippen LogP contribution is -2.35. The fraction of sp³-hybridized carbons (Fsp3) is 0.500. The summed E-state index contributed by atoms with van der Waals surface area (Å²) in [6, 6.07) is 5.49. The van der Waals surface area contributed by atoms with Gasteiger partial charge in [-0.1, -0.05) is 11.6 Å². The van der Waals surface area contributed by atoms with Crippen molar-refractivity contribution in [1.82, 2.24) is 4.90 Å². The lowest BCUT2D eigenvalue weighted by Gasteiger charge is -2.25. The van der Waals surface area contributed by atoms with Crippen molar-refractivity contribution in [2.75, 3.05) is 13.2 Å². The number of rotatable bonds is 4. The van der Waals surface area contributed by atoms with Gasteiger partial charge in [0.05, 0.1) is 5.56 Å². The highest BCUT2D eigenvalue weighted by Gasteiger charge is 2.29. The molecular formula is C14H17BrClNO2. The molecule has 1 aliphatic heterocycles. The van der Waals surface area contributed by atoms with Crippen LogP contribution in [0.4, 0.5) is 0 Å². The number of aliphatic hydroxyl groups excluding tert-OH is 1. The molecule has 19 heavy (non-hydrogen) atoms. The molecule has 1 aliphatic rings. The van der Waals surface area contributed by atoms with Crippen molar-refractivity contribution in [3.05, 3.63) is 33.3 Å². The number of nitrogens with zero attached hydrogens (tertiary/aromatic N) is 1. The number of halogens is 2. The van der Waals surface area contributed by atoms with Gasteiger partial charge in [0.25, 0.3) is 5.91 Å². The number of amides is 1. The molecule has 104 valence electrons. The number of hydrogen-bond donors (Lipinski definition) is 1. The second-order valence-corrected chi connectivity index (χ2v) is 6.08. The Labute approximate surface area is 126 Å². The minimum atomic E-state index is 0.0454. The Morgan fingerprint density at radius 1 is 1.53 bits per heavy atom. The molecule has 0 saturated carbocycles. The highest BCUT2D eigenvalue weighted by Crippen LogP contribution is 2.27. The first-order valence-corrected chi connectivity index (χ1v) is 7.67. The average Bonchev–Trinajstić information content (AvgIpc) is 2.83. The van der Waals surface area contributed by atoms with Crippen LogP contribution in [0.5, 0.6) is 0 Å². The van der Waals surface area contributed by atoms with E-state index in [-0.39, 0.29) is 18.6 Å². The van der Waals surface area contributed by atoms with Crippen molar-refractivity contribution in [2.24, 2.45) is 0 Å². The fourth-order valence-corrected chi connectivity index (χ4v) is 3.40. The van der Waals surface area contributed by atoms with E-state index in [1.54, 1.807) is 18.2 Å². The minimum absolute atomic E-state index is 0.0454. The van der Waals surface area contributed by atoms with E-state index < -0.39 is 0 Å². The van der Waals surface area contributed by atoms with Gasteiger partial charge in [0, 0.05) is 28.7 Å². The molecule has 1 unspecified atom stereocenters. The zero-order valence-electron chi connectivity index (χ0n) is 10.6. The van der Waals surface area contributed by atoms with Gasteiger partial charge in [0.1, 0.15) is 0 Å². The lowest BCUT2D eigenvalue weighted by atomic mass is 10.1. The summed E-state index contributed by atoms with van der Waals surface area (Å²) in [5.41, 5.74) is 0.653. The molecule has 0 radical (unpaired) electrons. The first kappa shape index (κ1) is 14.8. The van der Waals surface area contributed by atoms with Gasteiger partial charge >= 0.3 is 0 Å². The Balaban J connectivity index is 2.13. The van der Waals surface area contributed by atoms with Crippen LogP contribution in [0.1, 0.15) is 36.0 Å². The van der Waals surface area contributed by atoms with Crippen LogP contribution in [0.15, 0.2) is 22.7 Å². The smallest absolute Gasteiger partial charge is 0.255 e. The third kappa shape index (κ3) is 3.50. The van der Waals surface area contributed by atoms with Crippen LogP contribution in [0.25, 0.3) is 0 Å². The highest BCUT2D eigenvalue weighted by molar-refractivity contribution is 9.10. The third-order valence-corrected chi connectivity index (χ3v) is 4.39. The molecule has 0 aromatic heterocycles. The molecular weight excluding hydrogens is 330 g/mol. The Hall–Kier alpha value is -0.580. The summed E-state index contributed by atoms with van der Waals surface area (Å²) in [6.07, 6.45) is 3.67. The molecule has 1 fully saturated rings. The molecule has 0 aliphatic carbocycles. The van der Waals surface area contributed by atoms with Crippen LogP contribution in [0.3, 0.4) is 0 Å². The molecule has 1 aromatic carbocycles. The number of aliphatic hydroxyl groups is 1. The first-order valence-electron chi connectivity index (χ1n) is 6.50. The third-order valence-electron chi connectivity index (χ3n) is 3.50. The highest BCUT2D eigenvalue weighted by atomic mass is 79.9. The van der Waals surface area contributed by atoms with Crippen LogP contribution in [-0.4, -0.2) is 35.1 Å². The lowest BCUT2D eigenvalue weighted by molar-refractivity contribution is 0.0723. The molecule has 1 amide bonds. The molecule has 5 heteroatoms. The molecule has 1 N–H and O–H groups in total. The van der Waals surface area contributed by atoms with Gasteiger partial charge in [-0.15, -0.1) is 0 Å². The molecule has 2 rings (SSSR count). The van der Waals surface area contributed by atoms with Gasteiger partial charge in [-0.25, -0.2) is 0 Å². The predicted molar refractivity (Wildman–Crippen MR) is 79.5 cm³/mol. The van der Waals surface area contributed by atoms with Crippen LogP contribution < -0.4 is 0 Å². The SMILES string of the molecule is O=C(c1ccc(Cl)cc1Br)N1CCCC1CCCO. The maximum atomic E-state index is 12.5. The summed E-state index contributed by atoms with van der Waals surface area (Å²) in [5.74, 6) is 0.0454. The van der Waals surface area contributed by atoms with Crippen molar-refractivity contribution in [3.8, 4) is 0 Å². The zero-order valence-corrected chi connectivity index (χ0v) is 13.0. The topological polar surface area (TPSA) is 40.5 Å². The number of hydrogen-bond acceptors (Lipinski definition) is 2. The number of carbonyl (C=O) groups excluding carboxylic acids is 1. The number of benzene rings is 1. The second-order valence-electron chi connectivity index (χ2n) is 4.78. The standard InChI is InChI=1S/C14H17BrClNO2/c15-13-9-10(16)5-6-12(13)14(19)17-7-1-3-11(17)4-2-8-18/h5-6,9,11,18H,1-4,7-8H2. The van der Waals surface area contributed by atoms with Gasteiger partial charge in [0.2, 0.25) is 0 Å². The van der Waals surface area contributed by atoms with Crippen LogP contribution >= 0.6 is 27.5 Å². The van der Waals surface area contributed by atoms with E-state index in [1.165, 1.54) is 0 Å². The van der Waals surface area contributed by atoms with E-state index in [2.05, 4.69) is 15.9 Å². The predicted octanol–water partition coefficient (Wildman–Crippen LogP) is 3.48. The van der Waals surface area contributed by atoms with E-state index in [9.17, 15) is 4.79 Å². The average molecular weight is 347 g/mol. The van der Waals surface area contributed by atoms with E-state index >= 15 is 0 Å². The minimum Gasteiger partial charge on any atom is -0.396 e. The van der Waals surface area contributed by atoms with E-state index in [0.717, 1.165) is 36.7 Å². The van der Waals surface area contributed by atoms with Crippen LogP contribution in [-0.2, 0) is 0 Å².